The van der Waals surface area contributed by atoms with Crippen LogP contribution in [0.2, 0.25) is 0 Å². The summed E-state index contributed by atoms with van der Waals surface area (Å²) in [5.74, 6) is 0. The van der Waals surface area contributed by atoms with E-state index in [9.17, 15) is 0 Å². The van der Waals surface area contributed by atoms with E-state index in [-0.39, 0.29) is 0 Å². The maximum Gasteiger partial charge on any atom is 0.0702 e. The third-order valence-electron chi connectivity index (χ3n) is 10.1. The van der Waals surface area contributed by atoms with Crippen LogP contribution in [0.1, 0.15) is 0 Å². The maximum absolute atomic E-state index is 2.42. The second-order valence-electron chi connectivity index (χ2n) is 13.0. The summed E-state index contributed by atoms with van der Waals surface area (Å²) in [6.07, 6.45) is 0. The van der Waals surface area contributed by atoms with Crippen LogP contribution in [-0.2, 0) is 0 Å². The van der Waals surface area contributed by atoms with Crippen LogP contribution in [0.3, 0.4) is 0 Å². The van der Waals surface area contributed by atoms with Crippen molar-refractivity contribution in [3.8, 4) is 22.5 Å². The van der Waals surface area contributed by atoms with Gasteiger partial charge in [-0.25, -0.2) is 0 Å². The highest BCUT2D eigenvalue weighted by Crippen LogP contribution is 2.44. The molecular weight excluding hydrogens is 619 g/mol. The molecule has 51 heavy (non-hydrogen) atoms. The molecule has 0 bridgehead atoms. The van der Waals surface area contributed by atoms with Gasteiger partial charge in [0.25, 0.3) is 0 Å². The Morgan fingerprint density at radius 3 is 1.67 bits per heavy atom. The molecule has 0 radical (unpaired) electrons. The molecule has 3 nitrogen and oxygen atoms in total. The van der Waals surface area contributed by atoms with Crippen molar-refractivity contribution in [3.63, 3.8) is 0 Å². The standard InChI is InChI=1S/C48H33N3/c1-4-17-34(18-5-1)38-25-16-30-46-48(38)41-32-31-37(33-47(41)50(46)36-21-8-3-9-22-36)49(35-19-6-2-7-20-35)44-28-14-15-29-45(44)51-42-26-12-10-23-39(42)40-24-11-13-27-43(40)51/h1-33H. The third-order valence-corrected chi connectivity index (χ3v) is 10.1. The number of hydrogen-bond donors (Lipinski definition) is 0. The number of hydrogen-bond acceptors (Lipinski definition) is 1. The van der Waals surface area contributed by atoms with E-state index in [1.54, 1.807) is 0 Å². The first-order valence-electron chi connectivity index (χ1n) is 17.5. The first kappa shape index (κ1) is 29.1. The van der Waals surface area contributed by atoms with E-state index in [2.05, 4.69) is 214 Å². The van der Waals surface area contributed by atoms with Crippen molar-refractivity contribution in [2.24, 2.45) is 0 Å². The largest absolute Gasteiger partial charge is 0.309 e. The van der Waals surface area contributed by atoms with Crippen LogP contribution in [0.25, 0.3) is 66.1 Å². The highest BCUT2D eigenvalue weighted by Gasteiger charge is 2.22. The fraction of sp³-hybridized carbons (Fsp3) is 0. The van der Waals surface area contributed by atoms with Crippen molar-refractivity contribution in [1.29, 1.82) is 0 Å². The van der Waals surface area contributed by atoms with Gasteiger partial charge in [0.1, 0.15) is 0 Å². The van der Waals surface area contributed by atoms with Crippen LogP contribution >= 0.6 is 0 Å². The summed E-state index contributed by atoms with van der Waals surface area (Å²) < 4.78 is 4.84. The summed E-state index contributed by atoms with van der Waals surface area (Å²) in [7, 11) is 0. The Labute approximate surface area is 296 Å². The zero-order valence-corrected chi connectivity index (χ0v) is 27.9. The smallest absolute Gasteiger partial charge is 0.0702 e. The van der Waals surface area contributed by atoms with Crippen LogP contribution in [0.15, 0.2) is 200 Å². The van der Waals surface area contributed by atoms with Gasteiger partial charge in [-0.3, -0.25) is 0 Å². The highest BCUT2D eigenvalue weighted by molar-refractivity contribution is 6.16. The van der Waals surface area contributed by atoms with Crippen molar-refractivity contribution >= 4 is 60.7 Å². The summed E-state index contributed by atoms with van der Waals surface area (Å²) in [5, 5.41) is 4.97. The maximum atomic E-state index is 2.42. The zero-order chi connectivity index (χ0) is 33.7. The Kier molecular flexibility index (Phi) is 6.81. The lowest BCUT2D eigenvalue weighted by atomic mass is 9.99. The summed E-state index contributed by atoms with van der Waals surface area (Å²) in [6, 6.07) is 72.1. The van der Waals surface area contributed by atoms with Crippen LogP contribution in [0, 0.1) is 0 Å². The van der Waals surface area contributed by atoms with E-state index >= 15 is 0 Å². The number of aromatic nitrogens is 2. The van der Waals surface area contributed by atoms with Crippen LogP contribution in [-0.4, -0.2) is 9.13 Å². The molecule has 2 aromatic heterocycles. The Morgan fingerprint density at radius 2 is 0.941 bits per heavy atom. The van der Waals surface area contributed by atoms with Gasteiger partial charge >= 0.3 is 0 Å². The van der Waals surface area contributed by atoms with Gasteiger partial charge in [-0.2, -0.15) is 0 Å². The first-order valence-corrected chi connectivity index (χ1v) is 17.5. The minimum atomic E-state index is 1.09. The molecule has 0 aliphatic heterocycles. The lowest BCUT2D eigenvalue weighted by Gasteiger charge is -2.28. The molecule has 0 atom stereocenters. The average Bonchev–Trinajstić information content (AvgIpc) is 3.72. The molecule has 2 heterocycles. The van der Waals surface area contributed by atoms with Gasteiger partial charge in [0, 0.05) is 38.6 Å². The fourth-order valence-electron chi connectivity index (χ4n) is 7.94. The van der Waals surface area contributed by atoms with Crippen molar-refractivity contribution in [3.05, 3.63) is 200 Å². The van der Waals surface area contributed by atoms with Gasteiger partial charge in [0.2, 0.25) is 0 Å². The van der Waals surface area contributed by atoms with E-state index in [1.807, 2.05) is 0 Å². The third kappa shape index (κ3) is 4.67. The van der Waals surface area contributed by atoms with Gasteiger partial charge in [-0.1, -0.05) is 133 Å². The molecular formula is C48H33N3. The average molecular weight is 652 g/mol. The van der Waals surface area contributed by atoms with Gasteiger partial charge in [0.05, 0.1) is 33.4 Å². The van der Waals surface area contributed by atoms with E-state index < -0.39 is 0 Å². The Bertz CT molecular complexity index is 2790. The molecule has 0 saturated carbocycles. The Hall–Kier alpha value is -6.84. The number of rotatable bonds is 6. The van der Waals surface area contributed by atoms with Crippen LogP contribution < -0.4 is 4.90 Å². The topological polar surface area (TPSA) is 13.1 Å². The Balaban J connectivity index is 1.27. The molecule has 240 valence electrons. The molecule has 0 aliphatic rings. The molecule has 0 unspecified atom stereocenters. The second-order valence-corrected chi connectivity index (χ2v) is 13.0. The van der Waals surface area contributed by atoms with Crippen molar-refractivity contribution in [2.45, 2.75) is 0 Å². The molecule has 0 fully saturated rings. The number of fused-ring (bicyclic) bond motifs is 6. The monoisotopic (exact) mass is 651 g/mol. The minimum Gasteiger partial charge on any atom is -0.309 e. The molecule has 0 spiro atoms. The molecule has 0 amide bonds. The predicted octanol–water partition coefficient (Wildman–Crippen LogP) is 13.0. The molecule has 10 rings (SSSR count). The van der Waals surface area contributed by atoms with Crippen molar-refractivity contribution < 1.29 is 0 Å². The summed E-state index contributed by atoms with van der Waals surface area (Å²) in [5.41, 5.74) is 12.7. The second kappa shape index (κ2) is 11.9. The number of nitrogens with zero attached hydrogens (tertiary/aromatic N) is 3. The summed E-state index contributed by atoms with van der Waals surface area (Å²) in [4.78, 5) is 2.41. The number of anilines is 3. The summed E-state index contributed by atoms with van der Waals surface area (Å²) in [6.45, 7) is 0. The first-order chi connectivity index (χ1) is 25.3. The summed E-state index contributed by atoms with van der Waals surface area (Å²) >= 11 is 0. The van der Waals surface area contributed by atoms with Gasteiger partial charge in [0.15, 0.2) is 0 Å². The van der Waals surface area contributed by atoms with E-state index in [0.29, 0.717) is 0 Å². The van der Waals surface area contributed by atoms with Crippen molar-refractivity contribution in [2.75, 3.05) is 4.90 Å². The lowest BCUT2D eigenvalue weighted by Crippen LogP contribution is -2.13. The van der Waals surface area contributed by atoms with Crippen LogP contribution in [0.4, 0.5) is 17.1 Å². The van der Waals surface area contributed by atoms with Gasteiger partial charge in [-0.05, 0) is 77.9 Å². The molecule has 8 aromatic carbocycles. The number of benzene rings is 8. The van der Waals surface area contributed by atoms with Crippen molar-refractivity contribution in [1.82, 2.24) is 9.13 Å². The van der Waals surface area contributed by atoms with E-state index in [0.717, 1.165) is 34.0 Å². The Morgan fingerprint density at radius 1 is 0.353 bits per heavy atom. The van der Waals surface area contributed by atoms with E-state index in [4.69, 9.17) is 0 Å². The van der Waals surface area contributed by atoms with Gasteiger partial charge in [-0.15, -0.1) is 0 Å². The predicted molar refractivity (Wildman–Crippen MR) is 215 cm³/mol. The SMILES string of the molecule is c1ccc(-c2cccc3c2c2ccc(N(c4ccccc4)c4ccccc4-n4c5ccccc5c5ccccc54)cc2n3-c2ccccc2)cc1. The highest BCUT2D eigenvalue weighted by atomic mass is 15.2. The van der Waals surface area contributed by atoms with Crippen LogP contribution in [0.5, 0.6) is 0 Å². The number of para-hydroxylation sites is 6. The normalized spacial score (nSPS) is 11.5. The molecule has 0 aliphatic carbocycles. The molecule has 10 aromatic rings. The zero-order valence-electron chi connectivity index (χ0n) is 27.9. The molecule has 0 N–H and O–H groups in total. The van der Waals surface area contributed by atoms with Gasteiger partial charge < -0.3 is 14.0 Å². The minimum absolute atomic E-state index is 1.09. The fourth-order valence-corrected chi connectivity index (χ4v) is 7.94. The quantitative estimate of drug-likeness (QED) is 0.174. The van der Waals surface area contributed by atoms with E-state index in [1.165, 1.54) is 49.2 Å². The lowest BCUT2D eigenvalue weighted by molar-refractivity contribution is 1.15. The molecule has 0 saturated heterocycles. The molecule has 3 heteroatoms.